The number of alkyl halides is 3. The molecule has 4 N–H and O–H groups in total. The van der Waals surface area contributed by atoms with E-state index in [9.17, 15) is 27.2 Å². The van der Waals surface area contributed by atoms with Crippen LogP contribution in [-0.4, -0.2) is 27.1 Å². The van der Waals surface area contributed by atoms with Crippen LogP contribution in [-0.2, 0) is 11.0 Å². The first-order valence-electron chi connectivity index (χ1n) is 11.7. The zero-order chi connectivity index (χ0) is 27.6. The summed E-state index contributed by atoms with van der Waals surface area (Å²) in [7, 11) is 0. The van der Waals surface area contributed by atoms with Gasteiger partial charge in [0.15, 0.2) is 11.6 Å². The van der Waals surface area contributed by atoms with Crippen LogP contribution < -0.4 is 20.7 Å². The van der Waals surface area contributed by atoms with Crippen LogP contribution in [0.15, 0.2) is 67.1 Å². The molecule has 1 fully saturated rings. The standard InChI is InChI=1S/C26H20F4N6O3/c27-21-10-18(3-4-22(21)39-20-5-6-31-23(11-20)36-24(37)14-1-2-14)34-25(38)35-19-8-15(16-12-32-33-13-16)7-17(9-19)26(28,29)30/h3-14H,1-2H2,(H,32,33)(H,31,36,37)(H2,34,35,38). The van der Waals surface area contributed by atoms with Crippen molar-refractivity contribution in [3.63, 3.8) is 0 Å². The van der Waals surface area contributed by atoms with Crippen molar-refractivity contribution in [1.29, 1.82) is 0 Å². The molecule has 2 aromatic carbocycles. The Balaban J connectivity index is 1.25. The van der Waals surface area contributed by atoms with Crippen molar-refractivity contribution >= 4 is 29.1 Å². The molecule has 0 spiro atoms. The Morgan fingerprint density at radius 1 is 0.949 bits per heavy atom. The summed E-state index contributed by atoms with van der Waals surface area (Å²) in [6, 6.07) is 8.76. The highest BCUT2D eigenvalue weighted by Gasteiger charge is 2.32. The summed E-state index contributed by atoms with van der Waals surface area (Å²) in [6.45, 7) is 0. The molecule has 5 rings (SSSR count). The monoisotopic (exact) mass is 540 g/mol. The van der Waals surface area contributed by atoms with Gasteiger partial charge in [0.2, 0.25) is 5.91 Å². The maximum absolute atomic E-state index is 14.7. The van der Waals surface area contributed by atoms with Gasteiger partial charge in [-0.1, -0.05) is 0 Å². The van der Waals surface area contributed by atoms with E-state index in [-0.39, 0.29) is 46.1 Å². The van der Waals surface area contributed by atoms with E-state index in [1.165, 1.54) is 48.9 Å². The van der Waals surface area contributed by atoms with Crippen molar-refractivity contribution in [2.45, 2.75) is 19.0 Å². The summed E-state index contributed by atoms with van der Waals surface area (Å²) in [5, 5.41) is 13.6. The minimum atomic E-state index is -4.65. The summed E-state index contributed by atoms with van der Waals surface area (Å²) in [6.07, 6.45) is 1.19. The third-order valence-corrected chi connectivity index (χ3v) is 5.70. The zero-order valence-corrected chi connectivity index (χ0v) is 20.0. The van der Waals surface area contributed by atoms with Gasteiger partial charge in [-0.15, -0.1) is 0 Å². The fraction of sp³-hybridized carbons (Fsp3) is 0.154. The highest BCUT2D eigenvalue weighted by atomic mass is 19.4. The Morgan fingerprint density at radius 3 is 2.44 bits per heavy atom. The number of H-pyrrole nitrogens is 1. The molecule has 4 aromatic rings. The van der Waals surface area contributed by atoms with Crippen molar-refractivity contribution in [3.05, 3.63) is 78.5 Å². The third kappa shape index (κ3) is 6.50. The van der Waals surface area contributed by atoms with Crippen LogP contribution in [0.4, 0.5) is 39.5 Å². The van der Waals surface area contributed by atoms with Gasteiger partial charge in [0, 0.05) is 47.4 Å². The predicted octanol–water partition coefficient (Wildman–Crippen LogP) is 6.41. The van der Waals surface area contributed by atoms with Crippen LogP contribution in [0.25, 0.3) is 11.1 Å². The second-order valence-corrected chi connectivity index (χ2v) is 8.75. The van der Waals surface area contributed by atoms with Gasteiger partial charge in [-0.05, 0) is 54.8 Å². The van der Waals surface area contributed by atoms with Crippen molar-refractivity contribution in [2.24, 2.45) is 5.92 Å². The van der Waals surface area contributed by atoms with Gasteiger partial charge in [0.25, 0.3) is 0 Å². The van der Waals surface area contributed by atoms with Crippen molar-refractivity contribution in [1.82, 2.24) is 15.2 Å². The van der Waals surface area contributed by atoms with E-state index in [2.05, 4.69) is 31.1 Å². The van der Waals surface area contributed by atoms with Gasteiger partial charge in [-0.2, -0.15) is 18.3 Å². The average molecular weight is 540 g/mol. The molecule has 13 heteroatoms. The summed E-state index contributed by atoms with van der Waals surface area (Å²) in [5.41, 5.74) is -0.468. The number of aromatic amines is 1. The highest BCUT2D eigenvalue weighted by molar-refractivity contribution is 6.00. The van der Waals surface area contributed by atoms with Gasteiger partial charge < -0.3 is 20.7 Å². The van der Waals surface area contributed by atoms with Crippen LogP contribution in [0.5, 0.6) is 11.5 Å². The lowest BCUT2D eigenvalue weighted by atomic mass is 10.0. The van der Waals surface area contributed by atoms with E-state index in [1.54, 1.807) is 0 Å². The average Bonchev–Trinajstić information content (AvgIpc) is 3.59. The number of ether oxygens (including phenoxy) is 1. The molecule has 1 saturated carbocycles. The van der Waals surface area contributed by atoms with Crippen molar-refractivity contribution < 1.29 is 31.9 Å². The molecule has 0 radical (unpaired) electrons. The minimum Gasteiger partial charge on any atom is -0.454 e. The Hall–Kier alpha value is -4.94. The first kappa shape index (κ1) is 25.7. The molecule has 0 unspecified atom stereocenters. The molecule has 0 aliphatic heterocycles. The number of nitrogens with one attached hydrogen (secondary N) is 4. The molecule has 2 heterocycles. The maximum atomic E-state index is 14.7. The minimum absolute atomic E-state index is 0.0156. The number of urea groups is 1. The zero-order valence-electron chi connectivity index (χ0n) is 20.0. The summed E-state index contributed by atoms with van der Waals surface area (Å²) in [4.78, 5) is 28.5. The van der Waals surface area contributed by atoms with E-state index in [0.29, 0.717) is 5.56 Å². The van der Waals surface area contributed by atoms with Gasteiger partial charge in [0.05, 0.1) is 11.8 Å². The fourth-order valence-corrected chi connectivity index (χ4v) is 3.64. The molecule has 3 amide bonds. The molecule has 1 aliphatic carbocycles. The summed E-state index contributed by atoms with van der Waals surface area (Å²) in [5.74, 6) is -0.624. The largest absolute Gasteiger partial charge is 0.454 e. The Labute approximate surface area is 218 Å². The number of amides is 3. The molecular weight excluding hydrogens is 520 g/mol. The van der Waals surface area contributed by atoms with Crippen LogP contribution in [0, 0.1) is 11.7 Å². The number of pyridine rings is 1. The molecule has 200 valence electrons. The lowest BCUT2D eigenvalue weighted by Gasteiger charge is -2.14. The quantitative estimate of drug-likeness (QED) is 0.202. The smallest absolute Gasteiger partial charge is 0.416 e. The van der Waals surface area contributed by atoms with Gasteiger partial charge in [-0.25, -0.2) is 14.2 Å². The number of carbonyl (C=O) groups excluding carboxylic acids is 2. The molecule has 2 aromatic heterocycles. The van der Waals surface area contributed by atoms with Crippen LogP contribution >= 0.6 is 0 Å². The number of nitrogens with zero attached hydrogens (tertiary/aromatic N) is 2. The Morgan fingerprint density at radius 2 is 1.74 bits per heavy atom. The van der Waals surface area contributed by atoms with E-state index >= 15 is 0 Å². The summed E-state index contributed by atoms with van der Waals surface area (Å²) >= 11 is 0. The fourth-order valence-electron chi connectivity index (χ4n) is 3.64. The van der Waals surface area contributed by atoms with Crippen molar-refractivity contribution in [3.8, 4) is 22.6 Å². The molecule has 0 atom stereocenters. The number of halogens is 4. The van der Waals surface area contributed by atoms with E-state index < -0.39 is 23.6 Å². The first-order chi connectivity index (χ1) is 18.6. The number of hydrogen-bond donors (Lipinski definition) is 4. The van der Waals surface area contributed by atoms with Gasteiger partial charge in [-0.3, -0.25) is 9.89 Å². The van der Waals surface area contributed by atoms with Crippen LogP contribution in [0.3, 0.4) is 0 Å². The predicted molar refractivity (Wildman–Crippen MR) is 134 cm³/mol. The van der Waals surface area contributed by atoms with E-state index in [4.69, 9.17) is 4.74 Å². The molecule has 39 heavy (non-hydrogen) atoms. The molecule has 9 nitrogen and oxygen atoms in total. The lowest BCUT2D eigenvalue weighted by molar-refractivity contribution is -0.137. The van der Waals surface area contributed by atoms with Crippen LogP contribution in [0.2, 0.25) is 0 Å². The van der Waals surface area contributed by atoms with E-state index in [1.807, 2.05) is 0 Å². The second-order valence-electron chi connectivity index (χ2n) is 8.75. The Bertz CT molecular complexity index is 1520. The second kappa shape index (κ2) is 10.4. The number of hydrogen-bond acceptors (Lipinski definition) is 5. The third-order valence-electron chi connectivity index (χ3n) is 5.70. The molecule has 0 saturated heterocycles. The highest BCUT2D eigenvalue weighted by Crippen LogP contribution is 2.35. The van der Waals surface area contributed by atoms with Gasteiger partial charge in [0.1, 0.15) is 11.6 Å². The van der Waals surface area contributed by atoms with E-state index in [0.717, 1.165) is 31.0 Å². The summed E-state index contributed by atoms with van der Waals surface area (Å²) < 4.78 is 60.5. The topological polar surface area (TPSA) is 121 Å². The normalized spacial score (nSPS) is 13.0. The number of anilines is 3. The number of carbonyl (C=O) groups is 2. The SMILES string of the molecule is O=C(Nc1cc(-c2cn[nH]c2)cc(C(F)(F)F)c1)Nc1ccc(Oc2ccnc(NC(=O)C3CC3)c2)c(F)c1. The number of benzene rings is 2. The maximum Gasteiger partial charge on any atom is 0.416 e. The van der Waals surface area contributed by atoms with Crippen molar-refractivity contribution in [2.75, 3.05) is 16.0 Å². The van der Waals surface area contributed by atoms with Crippen LogP contribution in [0.1, 0.15) is 18.4 Å². The molecule has 1 aliphatic rings. The number of aromatic nitrogens is 3. The molecular formula is C26H20F4N6O3. The number of rotatable bonds is 7. The first-order valence-corrected chi connectivity index (χ1v) is 11.7. The van der Waals surface area contributed by atoms with Gasteiger partial charge >= 0.3 is 12.2 Å². The Kier molecular flexibility index (Phi) is 6.88. The lowest BCUT2D eigenvalue weighted by Crippen LogP contribution is -2.20. The molecule has 0 bridgehead atoms.